The first kappa shape index (κ1) is 16.2. The molecule has 2 amide bonds. The summed E-state index contributed by atoms with van der Waals surface area (Å²) in [6, 6.07) is 6.60. The largest absolute Gasteiger partial charge is 0.326 e. The van der Waals surface area contributed by atoms with Gasteiger partial charge in [0.05, 0.1) is 6.54 Å². The molecule has 0 spiro atoms. The first-order chi connectivity index (χ1) is 10.1. The third-order valence-corrected chi connectivity index (χ3v) is 3.61. The second-order valence-electron chi connectivity index (χ2n) is 4.98. The number of nitrogens with one attached hydrogen (secondary N) is 1. The Morgan fingerprint density at radius 2 is 2.18 bits per heavy atom. The van der Waals surface area contributed by atoms with Crippen molar-refractivity contribution in [3.05, 3.63) is 47.4 Å². The van der Waals surface area contributed by atoms with Gasteiger partial charge in [0.2, 0.25) is 0 Å². The molecule has 0 bridgehead atoms. The normalized spacial score (nSPS) is 13.2. The summed E-state index contributed by atoms with van der Waals surface area (Å²) in [7, 11) is 1.70. The molecule has 22 heavy (non-hydrogen) atoms. The quantitative estimate of drug-likeness (QED) is 0.893. The number of fused-ring (bicyclic) bond motifs is 1. The van der Waals surface area contributed by atoms with Crippen molar-refractivity contribution in [3.63, 3.8) is 0 Å². The van der Waals surface area contributed by atoms with Gasteiger partial charge in [0, 0.05) is 30.9 Å². The van der Waals surface area contributed by atoms with Crippen LogP contribution in [0.25, 0.3) is 11.1 Å². The molecule has 0 radical (unpaired) electrons. The predicted molar refractivity (Wildman–Crippen MR) is 85.3 cm³/mol. The van der Waals surface area contributed by atoms with Crippen molar-refractivity contribution in [2.24, 2.45) is 5.73 Å². The highest BCUT2D eigenvalue weighted by Gasteiger charge is 2.23. The number of hydrogen-bond donors (Lipinski definition) is 2. The van der Waals surface area contributed by atoms with Gasteiger partial charge >= 0.3 is 6.03 Å². The first-order valence-corrected chi connectivity index (χ1v) is 6.59. The van der Waals surface area contributed by atoms with E-state index >= 15 is 0 Å². The molecular weight excluding hydrogens is 307 g/mol. The summed E-state index contributed by atoms with van der Waals surface area (Å²) in [6.45, 7) is 0.601. The zero-order chi connectivity index (χ0) is 15.0. The predicted octanol–water partition coefficient (Wildman–Crippen LogP) is 2.75. The fraction of sp³-hybridized carbons (Fsp3) is 0.200. The van der Waals surface area contributed by atoms with Crippen molar-refractivity contribution >= 4 is 24.3 Å². The van der Waals surface area contributed by atoms with Crippen molar-refractivity contribution in [2.45, 2.75) is 13.1 Å². The van der Waals surface area contributed by atoms with Gasteiger partial charge in [-0.2, -0.15) is 0 Å². The van der Waals surface area contributed by atoms with Crippen molar-refractivity contribution in [1.29, 1.82) is 0 Å². The number of pyridine rings is 1. The van der Waals surface area contributed by atoms with Gasteiger partial charge in [-0.25, -0.2) is 14.2 Å². The molecule has 3 N–H and O–H groups in total. The highest BCUT2D eigenvalue weighted by Crippen LogP contribution is 2.32. The zero-order valence-electron chi connectivity index (χ0n) is 12.0. The Bertz CT molecular complexity index is 723. The Hall–Kier alpha value is -2.18. The van der Waals surface area contributed by atoms with Gasteiger partial charge in [0.25, 0.3) is 0 Å². The van der Waals surface area contributed by atoms with Crippen molar-refractivity contribution in [3.8, 4) is 11.1 Å². The number of nitrogens with zero attached hydrogens (tertiary/aromatic N) is 2. The van der Waals surface area contributed by atoms with Crippen LogP contribution in [0.3, 0.4) is 0 Å². The number of carbonyl (C=O) groups is 1. The maximum absolute atomic E-state index is 13.9. The van der Waals surface area contributed by atoms with E-state index in [2.05, 4.69) is 10.3 Å². The number of benzene rings is 1. The summed E-state index contributed by atoms with van der Waals surface area (Å²) >= 11 is 0. The third kappa shape index (κ3) is 2.75. The number of anilines is 1. The van der Waals surface area contributed by atoms with E-state index in [0.717, 1.165) is 16.7 Å². The topological polar surface area (TPSA) is 71.2 Å². The molecule has 0 saturated carbocycles. The third-order valence-electron chi connectivity index (χ3n) is 3.61. The van der Waals surface area contributed by atoms with Gasteiger partial charge < -0.3 is 10.6 Å². The lowest BCUT2D eigenvalue weighted by Crippen LogP contribution is -2.36. The minimum Gasteiger partial charge on any atom is -0.326 e. The number of carbonyl (C=O) groups excluding carboxylic acids is 1. The molecule has 1 aliphatic heterocycles. The molecule has 0 unspecified atom stereocenters. The molecular formula is C15H16ClFN4O. The fourth-order valence-electron chi connectivity index (χ4n) is 2.42. The smallest absolute Gasteiger partial charge is 0.323 e. The van der Waals surface area contributed by atoms with Crippen LogP contribution in [0.15, 0.2) is 30.5 Å². The van der Waals surface area contributed by atoms with Gasteiger partial charge in [-0.15, -0.1) is 12.4 Å². The molecule has 0 fully saturated rings. The molecule has 0 saturated heterocycles. The number of urea groups is 1. The Morgan fingerprint density at radius 1 is 1.41 bits per heavy atom. The molecule has 2 aromatic rings. The highest BCUT2D eigenvalue weighted by atomic mass is 35.5. The minimum atomic E-state index is -0.325. The van der Waals surface area contributed by atoms with Crippen LogP contribution in [-0.4, -0.2) is 23.0 Å². The maximum Gasteiger partial charge on any atom is 0.323 e. The zero-order valence-corrected chi connectivity index (χ0v) is 12.8. The summed E-state index contributed by atoms with van der Waals surface area (Å²) in [6.07, 6.45) is 1.61. The molecule has 1 aliphatic rings. The maximum atomic E-state index is 13.9. The van der Waals surface area contributed by atoms with Crippen LogP contribution in [0.1, 0.15) is 11.1 Å². The molecule has 1 aromatic heterocycles. The summed E-state index contributed by atoms with van der Waals surface area (Å²) in [5.74, 6) is 0.202. The standard InChI is InChI=1S/C15H15FN4O.ClH/c1-20-8-12-11(4-5-18-14(12)19-15(20)21)9-2-3-10(7-17)13(16)6-9;/h2-6H,7-8,17H2,1H3,(H,18,19,21);1H. The van der Waals surface area contributed by atoms with Gasteiger partial charge in [0.15, 0.2) is 0 Å². The molecule has 3 rings (SSSR count). The lowest BCUT2D eigenvalue weighted by atomic mass is 9.98. The first-order valence-electron chi connectivity index (χ1n) is 6.59. The number of rotatable bonds is 2. The van der Waals surface area contributed by atoms with E-state index in [1.807, 2.05) is 12.1 Å². The number of nitrogens with two attached hydrogens (primary N) is 1. The van der Waals surface area contributed by atoms with Crippen LogP contribution >= 0.6 is 12.4 Å². The SMILES string of the molecule is CN1Cc2c(-c3ccc(CN)c(F)c3)ccnc2NC1=O.Cl. The van der Waals surface area contributed by atoms with Gasteiger partial charge in [0.1, 0.15) is 11.6 Å². The van der Waals surface area contributed by atoms with Crippen LogP contribution in [0.4, 0.5) is 15.0 Å². The Kier molecular flexibility index (Phi) is 4.63. The number of aromatic nitrogens is 1. The second-order valence-corrected chi connectivity index (χ2v) is 4.98. The molecule has 5 nitrogen and oxygen atoms in total. The summed E-state index contributed by atoms with van der Waals surface area (Å²) in [5, 5.41) is 2.72. The molecule has 116 valence electrons. The van der Waals surface area contributed by atoms with Crippen molar-refractivity contribution in [2.75, 3.05) is 12.4 Å². The lowest BCUT2D eigenvalue weighted by Gasteiger charge is -2.26. The lowest BCUT2D eigenvalue weighted by molar-refractivity contribution is 0.218. The van der Waals surface area contributed by atoms with Crippen molar-refractivity contribution < 1.29 is 9.18 Å². The van der Waals surface area contributed by atoms with Gasteiger partial charge in [-0.05, 0) is 23.3 Å². The van der Waals surface area contributed by atoms with E-state index in [1.165, 1.54) is 6.07 Å². The molecule has 1 aromatic carbocycles. The number of hydrogen-bond acceptors (Lipinski definition) is 3. The van der Waals surface area contributed by atoms with E-state index in [1.54, 1.807) is 24.2 Å². The van der Waals surface area contributed by atoms with E-state index in [0.29, 0.717) is 17.9 Å². The Morgan fingerprint density at radius 3 is 2.86 bits per heavy atom. The second kappa shape index (κ2) is 6.29. The summed E-state index contributed by atoms with van der Waals surface area (Å²) < 4.78 is 13.9. The minimum absolute atomic E-state index is 0. The summed E-state index contributed by atoms with van der Waals surface area (Å²) in [4.78, 5) is 17.4. The van der Waals surface area contributed by atoms with E-state index in [9.17, 15) is 9.18 Å². The van der Waals surface area contributed by atoms with Gasteiger partial charge in [-0.3, -0.25) is 5.32 Å². The summed E-state index contributed by atoms with van der Waals surface area (Å²) in [5.41, 5.74) is 8.43. The van der Waals surface area contributed by atoms with Gasteiger partial charge in [-0.1, -0.05) is 12.1 Å². The van der Waals surface area contributed by atoms with Crippen LogP contribution in [-0.2, 0) is 13.1 Å². The van der Waals surface area contributed by atoms with Crippen LogP contribution in [0, 0.1) is 5.82 Å². The number of amides is 2. The Balaban J connectivity index is 0.00000176. The van der Waals surface area contributed by atoms with Crippen LogP contribution in [0.2, 0.25) is 0 Å². The van der Waals surface area contributed by atoms with Crippen LogP contribution in [0.5, 0.6) is 0 Å². The monoisotopic (exact) mass is 322 g/mol. The van der Waals surface area contributed by atoms with Crippen LogP contribution < -0.4 is 11.1 Å². The van der Waals surface area contributed by atoms with Crippen molar-refractivity contribution in [1.82, 2.24) is 9.88 Å². The van der Waals surface area contributed by atoms with E-state index < -0.39 is 0 Å². The number of halogens is 2. The highest BCUT2D eigenvalue weighted by molar-refractivity contribution is 5.92. The average molecular weight is 323 g/mol. The van der Waals surface area contributed by atoms with E-state index in [4.69, 9.17) is 5.73 Å². The molecule has 7 heteroatoms. The molecule has 2 heterocycles. The fourth-order valence-corrected chi connectivity index (χ4v) is 2.42. The molecule has 0 aliphatic carbocycles. The van der Waals surface area contributed by atoms with E-state index in [-0.39, 0.29) is 30.8 Å². The average Bonchev–Trinajstić information content (AvgIpc) is 2.48. The Labute approximate surface area is 133 Å². The molecule has 0 atom stereocenters.